The lowest BCUT2D eigenvalue weighted by atomic mass is 10.0. The highest BCUT2D eigenvalue weighted by Gasteiger charge is 2.26. The van der Waals surface area contributed by atoms with Crippen LogP contribution in [-0.2, 0) is 11.4 Å². The Kier molecular flexibility index (Phi) is 5.84. The Morgan fingerprint density at radius 2 is 2.08 bits per heavy atom. The fraction of sp³-hybridized carbons (Fsp3) is 0.300. The predicted octanol–water partition coefficient (Wildman–Crippen LogP) is 3.55. The molecule has 0 unspecified atom stereocenters. The fourth-order valence-corrected chi connectivity index (χ4v) is 2.90. The number of hydrogen-bond donors (Lipinski definition) is 1. The minimum atomic E-state index is -0.304. The van der Waals surface area contributed by atoms with Gasteiger partial charge in [-0.1, -0.05) is 47.6 Å². The molecule has 1 aliphatic rings. The summed E-state index contributed by atoms with van der Waals surface area (Å²) in [6.45, 7) is 3.33. The van der Waals surface area contributed by atoms with E-state index in [9.17, 15) is 9.18 Å². The molecule has 26 heavy (non-hydrogen) atoms. The molecule has 0 fully saturated rings. The number of urea groups is 1. The second-order valence-electron chi connectivity index (χ2n) is 6.18. The summed E-state index contributed by atoms with van der Waals surface area (Å²) in [5.74, 6) is -0.304. The maximum Gasteiger partial charge on any atom is 0.317 e. The third kappa shape index (κ3) is 4.59. The van der Waals surface area contributed by atoms with Crippen LogP contribution in [-0.4, -0.2) is 35.8 Å². The van der Waals surface area contributed by atoms with Crippen LogP contribution in [0.5, 0.6) is 0 Å². The monoisotopic (exact) mass is 355 g/mol. The van der Waals surface area contributed by atoms with E-state index in [2.05, 4.69) is 10.5 Å². The summed E-state index contributed by atoms with van der Waals surface area (Å²) >= 11 is 0. The van der Waals surface area contributed by atoms with Crippen LogP contribution >= 0.6 is 0 Å². The van der Waals surface area contributed by atoms with E-state index in [4.69, 9.17) is 4.84 Å². The van der Waals surface area contributed by atoms with Crippen molar-refractivity contribution in [2.45, 2.75) is 26.0 Å². The molecule has 1 N–H and O–H groups in total. The molecule has 0 aromatic heterocycles. The average Bonchev–Trinajstić information content (AvgIpc) is 3.11. The number of carbonyl (C=O) groups excluding carboxylic acids is 1. The molecule has 0 spiro atoms. The summed E-state index contributed by atoms with van der Waals surface area (Å²) in [6, 6.07) is 16.0. The van der Waals surface area contributed by atoms with Crippen LogP contribution in [0.25, 0.3) is 0 Å². The highest BCUT2D eigenvalue weighted by molar-refractivity contribution is 6.01. The first kappa shape index (κ1) is 17.9. The van der Waals surface area contributed by atoms with E-state index in [0.717, 1.165) is 5.56 Å². The number of benzene rings is 2. The zero-order chi connectivity index (χ0) is 18.4. The van der Waals surface area contributed by atoms with Crippen molar-refractivity contribution in [2.75, 3.05) is 13.1 Å². The molecule has 136 valence electrons. The Labute approximate surface area is 152 Å². The summed E-state index contributed by atoms with van der Waals surface area (Å²) in [6.07, 6.45) is 0.285. The van der Waals surface area contributed by atoms with Crippen LogP contribution in [0.15, 0.2) is 59.8 Å². The van der Waals surface area contributed by atoms with E-state index >= 15 is 0 Å². The minimum absolute atomic E-state index is 0.140. The molecule has 0 bridgehead atoms. The smallest absolute Gasteiger partial charge is 0.317 e. The van der Waals surface area contributed by atoms with Gasteiger partial charge in [0.2, 0.25) is 0 Å². The van der Waals surface area contributed by atoms with Gasteiger partial charge in [0.1, 0.15) is 5.82 Å². The van der Waals surface area contributed by atoms with Crippen LogP contribution in [0, 0.1) is 5.82 Å². The molecule has 2 amide bonds. The van der Waals surface area contributed by atoms with E-state index in [1.54, 1.807) is 17.0 Å². The van der Waals surface area contributed by atoms with Crippen LogP contribution < -0.4 is 5.32 Å². The van der Waals surface area contributed by atoms with E-state index in [-0.39, 0.29) is 18.0 Å². The van der Waals surface area contributed by atoms with Crippen molar-refractivity contribution in [3.05, 3.63) is 71.5 Å². The number of carbonyl (C=O) groups is 1. The fourth-order valence-electron chi connectivity index (χ4n) is 2.90. The molecule has 3 rings (SSSR count). The Hall–Kier alpha value is -2.89. The van der Waals surface area contributed by atoms with Gasteiger partial charge in [-0.15, -0.1) is 0 Å². The molecule has 0 aliphatic carbocycles. The predicted molar refractivity (Wildman–Crippen MR) is 98.4 cm³/mol. The van der Waals surface area contributed by atoms with Crippen LogP contribution in [0.3, 0.4) is 0 Å². The highest BCUT2D eigenvalue weighted by atomic mass is 19.1. The van der Waals surface area contributed by atoms with E-state index < -0.39 is 0 Å². The maximum atomic E-state index is 13.4. The van der Waals surface area contributed by atoms with Crippen LogP contribution in [0.1, 0.15) is 24.5 Å². The molecule has 6 heteroatoms. The van der Waals surface area contributed by atoms with Gasteiger partial charge in [0.05, 0.1) is 12.3 Å². The topological polar surface area (TPSA) is 53.9 Å². The van der Waals surface area contributed by atoms with Gasteiger partial charge in [-0.05, 0) is 24.6 Å². The number of hydrogen-bond acceptors (Lipinski definition) is 3. The lowest BCUT2D eigenvalue weighted by Crippen LogP contribution is -2.43. The molecule has 0 saturated heterocycles. The second kappa shape index (κ2) is 8.47. The third-order valence-electron chi connectivity index (χ3n) is 4.15. The Morgan fingerprint density at radius 1 is 1.27 bits per heavy atom. The van der Waals surface area contributed by atoms with Gasteiger partial charge in [0, 0.05) is 25.1 Å². The van der Waals surface area contributed by atoms with E-state index in [1.807, 2.05) is 37.3 Å². The summed E-state index contributed by atoms with van der Waals surface area (Å²) < 4.78 is 13.4. The number of halogens is 1. The summed E-state index contributed by atoms with van der Waals surface area (Å²) in [5.41, 5.74) is 2.45. The molecule has 1 heterocycles. The molecule has 1 atom stereocenters. The first-order valence-corrected chi connectivity index (χ1v) is 8.71. The van der Waals surface area contributed by atoms with Gasteiger partial charge in [0.15, 0.2) is 6.10 Å². The van der Waals surface area contributed by atoms with Crippen molar-refractivity contribution in [1.82, 2.24) is 10.2 Å². The summed E-state index contributed by atoms with van der Waals surface area (Å²) in [7, 11) is 0. The average molecular weight is 355 g/mol. The Balaban J connectivity index is 1.65. The molecular weight excluding hydrogens is 333 g/mol. The van der Waals surface area contributed by atoms with Gasteiger partial charge in [-0.2, -0.15) is 0 Å². The standard InChI is InChI=1S/C20H22FN3O2/c1-2-22-20(25)24(13-15-7-4-3-5-8-15)14-18-12-19(23-26-18)16-9-6-10-17(21)11-16/h3-11,18H,2,12-14H2,1H3,(H,22,25)/t18-/m0/s1. The normalized spacial score (nSPS) is 15.9. The molecule has 2 aromatic carbocycles. The van der Waals surface area contributed by atoms with Crippen molar-refractivity contribution in [3.63, 3.8) is 0 Å². The minimum Gasteiger partial charge on any atom is -0.390 e. The molecule has 1 aliphatic heterocycles. The van der Waals surface area contributed by atoms with Crippen molar-refractivity contribution >= 4 is 11.7 Å². The molecule has 0 saturated carbocycles. The number of amides is 2. The zero-order valence-electron chi connectivity index (χ0n) is 14.7. The highest BCUT2D eigenvalue weighted by Crippen LogP contribution is 2.19. The van der Waals surface area contributed by atoms with Crippen molar-refractivity contribution in [1.29, 1.82) is 0 Å². The van der Waals surface area contributed by atoms with Crippen molar-refractivity contribution in [2.24, 2.45) is 5.16 Å². The SMILES string of the molecule is CCNC(=O)N(Cc1ccccc1)C[C@@H]1CC(c2cccc(F)c2)=NO1. The third-order valence-corrected chi connectivity index (χ3v) is 4.15. The maximum absolute atomic E-state index is 13.4. The number of rotatable bonds is 6. The summed E-state index contributed by atoms with van der Waals surface area (Å²) in [4.78, 5) is 19.6. The van der Waals surface area contributed by atoms with E-state index in [0.29, 0.717) is 37.3 Å². The van der Waals surface area contributed by atoms with Gasteiger partial charge >= 0.3 is 6.03 Å². The molecule has 5 nitrogen and oxygen atoms in total. The zero-order valence-corrected chi connectivity index (χ0v) is 14.7. The first-order valence-electron chi connectivity index (χ1n) is 8.71. The largest absolute Gasteiger partial charge is 0.390 e. The van der Waals surface area contributed by atoms with Gasteiger partial charge < -0.3 is 15.1 Å². The van der Waals surface area contributed by atoms with Crippen molar-refractivity contribution in [3.8, 4) is 0 Å². The summed E-state index contributed by atoms with van der Waals surface area (Å²) in [5, 5.41) is 6.92. The Morgan fingerprint density at radius 3 is 2.81 bits per heavy atom. The lowest BCUT2D eigenvalue weighted by Gasteiger charge is -2.25. The molecular formula is C20H22FN3O2. The lowest BCUT2D eigenvalue weighted by molar-refractivity contribution is 0.0590. The van der Waals surface area contributed by atoms with Gasteiger partial charge in [-0.25, -0.2) is 9.18 Å². The number of nitrogens with one attached hydrogen (secondary N) is 1. The quantitative estimate of drug-likeness (QED) is 0.861. The van der Waals surface area contributed by atoms with Crippen LogP contribution in [0.2, 0.25) is 0 Å². The molecule has 0 radical (unpaired) electrons. The number of oxime groups is 1. The Bertz CT molecular complexity index is 780. The van der Waals surface area contributed by atoms with Gasteiger partial charge in [-0.3, -0.25) is 0 Å². The number of nitrogens with zero attached hydrogens (tertiary/aromatic N) is 2. The molecule has 2 aromatic rings. The second-order valence-corrected chi connectivity index (χ2v) is 6.18. The van der Waals surface area contributed by atoms with Crippen LogP contribution in [0.4, 0.5) is 9.18 Å². The van der Waals surface area contributed by atoms with Crippen molar-refractivity contribution < 1.29 is 14.0 Å². The first-order chi connectivity index (χ1) is 12.7. The van der Waals surface area contributed by atoms with E-state index in [1.165, 1.54) is 12.1 Å². The van der Waals surface area contributed by atoms with Gasteiger partial charge in [0.25, 0.3) is 0 Å².